The van der Waals surface area contributed by atoms with Crippen LogP contribution in [0.15, 0.2) is 24.3 Å². The van der Waals surface area contributed by atoms with E-state index in [0.29, 0.717) is 0 Å². The fraction of sp³-hybridized carbons (Fsp3) is 0.455. The van der Waals surface area contributed by atoms with Gasteiger partial charge in [0.15, 0.2) is 0 Å². The van der Waals surface area contributed by atoms with E-state index >= 15 is 0 Å². The van der Waals surface area contributed by atoms with Gasteiger partial charge >= 0.3 is 0 Å². The van der Waals surface area contributed by atoms with Crippen LogP contribution in [0.4, 0.5) is 5.69 Å². The predicted molar refractivity (Wildman–Crippen MR) is 53.6 cm³/mol. The van der Waals surface area contributed by atoms with Crippen LogP contribution < -0.4 is 5.73 Å². The molecule has 1 saturated heterocycles. The van der Waals surface area contributed by atoms with Crippen LogP contribution in [0.1, 0.15) is 18.9 Å². The molecule has 0 spiro atoms. The number of ether oxygens (including phenoxy) is 1. The Labute approximate surface area is 78.7 Å². The lowest BCUT2D eigenvalue weighted by Gasteiger charge is -2.22. The number of nitrogen functional groups attached to an aromatic ring is 1. The van der Waals surface area contributed by atoms with Crippen molar-refractivity contribution in [3.8, 4) is 0 Å². The summed E-state index contributed by atoms with van der Waals surface area (Å²) in [6.45, 7) is 3.95. The molecule has 0 bridgehead atoms. The molecule has 13 heavy (non-hydrogen) atoms. The number of benzene rings is 1. The van der Waals surface area contributed by atoms with Crippen molar-refractivity contribution in [3.05, 3.63) is 29.8 Å². The Kier molecular flexibility index (Phi) is 2.00. The van der Waals surface area contributed by atoms with Crippen LogP contribution in [0.3, 0.4) is 0 Å². The van der Waals surface area contributed by atoms with Gasteiger partial charge in [-0.1, -0.05) is 19.1 Å². The fourth-order valence-electron chi connectivity index (χ4n) is 1.78. The van der Waals surface area contributed by atoms with Crippen molar-refractivity contribution in [2.24, 2.45) is 0 Å². The molecule has 1 heterocycles. The molecule has 1 aromatic rings. The minimum atomic E-state index is 0.202. The van der Waals surface area contributed by atoms with Crippen molar-refractivity contribution < 1.29 is 4.74 Å². The molecule has 0 aliphatic carbocycles. The fourth-order valence-corrected chi connectivity index (χ4v) is 1.78. The molecule has 70 valence electrons. The average Bonchev–Trinajstić information content (AvgIpc) is 2.54. The summed E-state index contributed by atoms with van der Waals surface area (Å²) in [5.74, 6) is 0. The number of rotatable bonds is 1. The van der Waals surface area contributed by atoms with Gasteiger partial charge in [0.05, 0.1) is 6.61 Å². The average molecular weight is 177 g/mol. The lowest BCUT2D eigenvalue weighted by Crippen LogP contribution is -2.21. The van der Waals surface area contributed by atoms with E-state index in [1.807, 2.05) is 12.1 Å². The summed E-state index contributed by atoms with van der Waals surface area (Å²) >= 11 is 0. The third kappa shape index (κ3) is 1.54. The standard InChI is InChI=1S/C11H15NO/c1-11(6-7-13-8-11)9-2-4-10(12)5-3-9/h2-5H,6-8,12H2,1H3. The maximum Gasteiger partial charge on any atom is 0.0561 e. The van der Waals surface area contributed by atoms with E-state index in [1.54, 1.807) is 0 Å². The monoisotopic (exact) mass is 177 g/mol. The molecule has 1 aliphatic rings. The molecular weight excluding hydrogens is 162 g/mol. The Hall–Kier alpha value is -1.02. The molecule has 1 aliphatic heterocycles. The lowest BCUT2D eigenvalue weighted by molar-refractivity contribution is 0.181. The quantitative estimate of drug-likeness (QED) is 0.665. The summed E-state index contributed by atoms with van der Waals surface area (Å²) in [6, 6.07) is 8.12. The highest BCUT2D eigenvalue weighted by atomic mass is 16.5. The van der Waals surface area contributed by atoms with E-state index in [-0.39, 0.29) is 5.41 Å². The van der Waals surface area contributed by atoms with Gasteiger partial charge in [-0.2, -0.15) is 0 Å². The minimum Gasteiger partial charge on any atom is -0.399 e. The zero-order valence-electron chi connectivity index (χ0n) is 7.92. The van der Waals surface area contributed by atoms with Crippen LogP contribution in [0.2, 0.25) is 0 Å². The zero-order valence-corrected chi connectivity index (χ0v) is 7.92. The SMILES string of the molecule is CC1(c2ccc(N)cc2)CCOC1. The lowest BCUT2D eigenvalue weighted by atomic mass is 9.82. The van der Waals surface area contributed by atoms with Gasteiger partial charge in [0.25, 0.3) is 0 Å². The molecule has 1 fully saturated rings. The predicted octanol–water partition coefficient (Wildman–Crippen LogP) is 1.95. The van der Waals surface area contributed by atoms with E-state index in [1.165, 1.54) is 5.56 Å². The molecule has 1 unspecified atom stereocenters. The Balaban J connectivity index is 2.29. The Morgan fingerprint density at radius 2 is 2.00 bits per heavy atom. The first-order valence-corrected chi connectivity index (χ1v) is 4.64. The molecular formula is C11H15NO. The second-order valence-corrected chi connectivity index (χ2v) is 3.99. The number of anilines is 1. The first-order valence-electron chi connectivity index (χ1n) is 4.64. The second kappa shape index (κ2) is 3.04. The normalized spacial score (nSPS) is 27.8. The summed E-state index contributed by atoms with van der Waals surface area (Å²) in [4.78, 5) is 0. The van der Waals surface area contributed by atoms with Gasteiger partial charge in [0.1, 0.15) is 0 Å². The van der Waals surface area contributed by atoms with Gasteiger partial charge < -0.3 is 10.5 Å². The molecule has 1 atom stereocenters. The first kappa shape index (κ1) is 8.57. The Morgan fingerprint density at radius 1 is 1.31 bits per heavy atom. The molecule has 2 rings (SSSR count). The van der Waals surface area contributed by atoms with Crippen molar-refractivity contribution in [3.63, 3.8) is 0 Å². The highest BCUT2D eigenvalue weighted by Crippen LogP contribution is 2.32. The molecule has 2 heteroatoms. The number of nitrogens with two attached hydrogens (primary N) is 1. The van der Waals surface area contributed by atoms with E-state index < -0.39 is 0 Å². The van der Waals surface area contributed by atoms with Gasteiger partial charge in [-0.15, -0.1) is 0 Å². The summed E-state index contributed by atoms with van der Waals surface area (Å²) < 4.78 is 5.41. The summed E-state index contributed by atoms with van der Waals surface area (Å²) in [6.07, 6.45) is 1.11. The summed E-state index contributed by atoms with van der Waals surface area (Å²) in [7, 11) is 0. The van der Waals surface area contributed by atoms with Crippen LogP contribution >= 0.6 is 0 Å². The topological polar surface area (TPSA) is 35.2 Å². The molecule has 0 saturated carbocycles. The molecule has 1 aromatic carbocycles. The maximum absolute atomic E-state index is 5.64. The van der Waals surface area contributed by atoms with Gasteiger partial charge in [-0.3, -0.25) is 0 Å². The van der Waals surface area contributed by atoms with Gasteiger partial charge in [-0.25, -0.2) is 0 Å². The zero-order chi connectivity index (χ0) is 9.31. The smallest absolute Gasteiger partial charge is 0.0561 e. The molecule has 2 nitrogen and oxygen atoms in total. The number of hydrogen-bond donors (Lipinski definition) is 1. The van der Waals surface area contributed by atoms with Crippen LogP contribution in [-0.2, 0) is 10.2 Å². The van der Waals surface area contributed by atoms with Crippen molar-refractivity contribution in [1.82, 2.24) is 0 Å². The van der Waals surface area contributed by atoms with Crippen LogP contribution in [-0.4, -0.2) is 13.2 Å². The van der Waals surface area contributed by atoms with E-state index in [9.17, 15) is 0 Å². The highest BCUT2D eigenvalue weighted by molar-refractivity contribution is 5.41. The molecule has 0 radical (unpaired) electrons. The van der Waals surface area contributed by atoms with Crippen LogP contribution in [0.5, 0.6) is 0 Å². The Morgan fingerprint density at radius 3 is 2.54 bits per heavy atom. The molecule has 2 N–H and O–H groups in total. The largest absolute Gasteiger partial charge is 0.399 e. The number of hydrogen-bond acceptors (Lipinski definition) is 2. The second-order valence-electron chi connectivity index (χ2n) is 3.99. The van der Waals surface area contributed by atoms with Crippen LogP contribution in [0, 0.1) is 0 Å². The molecule has 0 aromatic heterocycles. The van der Waals surface area contributed by atoms with Gasteiger partial charge in [0.2, 0.25) is 0 Å². The van der Waals surface area contributed by atoms with Crippen molar-refractivity contribution in [2.75, 3.05) is 18.9 Å². The van der Waals surface area contributed by atoms with E-state index in [0.717, 1.165) is 25.3 Å². The minimum absolute atomic E-state index is 0.202. The molecule has 0 amide bonds. The van der Waals surface area contributed by atoms with Crippen molar-refractivity contribution in [2.45, 2.75) is 18.8 Å². The first-order chi connectivity index (χ1) is 6.21. The summed E-state index contributed by atoms with van der Waals surface area (Å²) in [5, 5.41) is 0. The van der Waals surface area contributed by atoms with Crippen LogP contribution in [0.25, 0.3) is 0 Å². The van der Waals surface area contributed by atoms with Crippen molar-refractivity contribution in [1.29, 1.82) is 0 Å². The maximum atomic E-state index is 5.64. The highest BCUT2D eigenvalue weighted by Gasteiger charge is 2.31. The summed E-state index contributed by atoms with van der Waals surface area (Å²) in [5.41, 5.74) is 8.00. The van der Waals surface area contributed by atoms with E-state index in [2.05, 4.69) is 19.1 Å². The van der Waals surface area contributed by atoms with Gasteiger partial charge in [0, 0.05) is 17.7 Å². The third-order valence-corrected chi connectivity index (χ3v) is 2.83. The van der Waals surface area contributed by atoms with Gasteiger partial charge in [-0.05, 0) is 24.1 Å². The third-order valence-electron chi connectivity index (χ3n) is 2.83. The Bertz CT molecular complexity index is 285. The van der Waals surface area contributed by atoms with E-state index in [4.69, 9.17) is 10.5 Å². The van der Waals surface area contributed by atoms with Crippen molar-refractivity contribution >= 4 is 5.69 Å².